The molecule has 2 aliphatic rings. The van der Waals surface area contributed by atoms with Crippen molar-refractivity contribution < 1.29 is 29.3 Å². The molecule has 2 fully saturated rings. The van der Waals surface area contributed by atoms with Crippen LogP contribution in [0.1, 0.15) is 58.5 Å². The maximum atomic E-state index is 12.0. The van der Waals surface area contributed by atoms with Gasteiger partial charge in [0.2, 0.25) is 0 Å². The molecule has 2 aliphatic heterocycles. The molecule has 1 aromatic rings. The van der Waals surface area contributed by atoms with E-state index in [-0.39, 0.29) is 22.0 Å². The molecule has 0 amide bonds. The van der Waals surface area contributed by atoms with Gasteiger partial charge in [-0.25, -0.2) is 9.59 Å². The van der Waals surface area contributed by atoms with Crippen molar-refractivity contribution in [1.82, 2.24) is 0 Å². The predicted octanol–water partition coefficient (Wildman–Crippen LogP) is 3.02. The van der Waals surface area contributed by atoms with Crippen molar-refractivity contribution in [2.24, 2.45) is 10.8 Å². The van der Waals surface area contributed by atoms with E-state index in [0.717, 1.165) is 18.4 Å². The molecule has 142 valence electrons. The summed E-state index contributed by atoms with van der Waals surface area (Å²) in [4.78, 5) is 23.6. The Balaban J connectivity index is 2.09. The number of benzene rings is 1. The van der Waals surface area contributed by atoms with Gasteiger partial charge in [0.25, 0.3) is 0 Å². The van der Waals surface area contributed by atoms with Crippen molar-refractivity contribution in [3.63, 3.8) is 0 Å². The number of hydrogen-bond acceptors (Lipinski definition) is 4. The van der Waals surface area contributed by atoms with Crippen LogP contribution in [0.4, 0.5) is 0 Å². The minimum Gasteiger partial charge on any atom is -0.478 e. The molecule has 26 heavy (non-hydrogen) atoms. The lowest BCUT2D eigenvalue weighted by atomic mass is 9.71. The van der Waals surface area contributed by atoms with Crippen LogP contribution >= 0.6 is 0 Å². The van der Waals surface area contributed by atoms with Gasteiger partial charge in [-0.1, -0.05) is 19.9 Å². The monoisotopic (exact) mass is 362 g/mol. The molecule has 6 nitrogen and oxygen atoms in total. The Morgan fingerprint density at radius 2 is 1.46 bits per heavy atom. The number of carboxylic acid groups (broad SMARTS) is 2. The van der Waals surface area contributed by atoms with Gasteiger partial charge in [-0.2, -0.15) is 0 Å². The van der Waals surface area contributed by atoms with Crippen LogP contribution in [-0.4, -0.2) is 48.6 Å². The normalized spacial score (nSPS) is 20.1. The Morgan fingerprint density at radius 1 is 0.923 bits per heavy atom. The lowest BCUT2D eigenvalue weighted by Crippen LogP contribution is -2.46. The molecule has 0 bridgehead atoms. The predicted molar refractivity (Wildman–Crippen MR) is 94.9 cm³/mol. The summed E-state index contributed by atoms with van der Waals surface area (Å²) in [6, 6.07) is 3.23. The van der Waals surface area contributed by atoms with Crippen LogP contribution < -0.4 is 0 Å². The van der Waals surface area contributed by atoms with E-state index in [1.807, 2.05) is 0 Å². The van der Waals surface area contributed by atoms with Crippen LogP contribution in [0.15, 0.2) is 12.1 Å². The first-order valence-corrected chi connectivity index (χ1v) is 9.12. The molecule has 3 rings (SSSR count). The summed E-state index contributed by atoms with van der Waals surface area (Å²) in [6.07, 6.45) is 3.05. The molecule has 0 saturated carbocycles. The second-order valence-corrected chi connectivity index (χ2v) is 7.78. The van der Waals surface area contributed by atoms with Crippen LogP contribution in [0.3, 0.4) is 0 Å². The van der Waals surface area contributed by atoms with Crippen molar-refractivity contribution in [3.05, 3.63) is 34.4 Å². The van der Waals surface area contributed by atoms with E-state index >= 15 is 0 Å². The van der Waals surface area contributed by atoms with Gasteiger partial charge in [0.15, 0.2) is 0 Å². The van der Waals surface area contributed by atoms with Crippen LogP contribution in [0.2, 0.25) is 0 Å². The number of carbonyl (C=O) groups is 2. The smallest absolute Gasteiger partial charge is 0.336 e. The number of ether oxygens (including phenoxy) is 2. The second-order valence-electron chi connectivity index (χ2n) is 7.78. The first-order valence-electron chi connectivity index (χ1n) is 9.12. The Hall–Kier alpha value is -1.92. The van der Waals surface area contributed by atoms with Crippen LogP contribution in [-0.2, 0) is 22.3 Å². The molecule has 0 unspecified atom stereocenters. The summed E-state index contributed by atoms with van der Waals surface area (Å²) >= 11 is 0. The van der Waals surface area contributed by atoms with E-state index in [9.17, 15) is 19.8 Å². The van der Waals surface area contributed by atoms with E-state index < -0.39 is 11.9 Å². The molecular formula is C20H26O6. The van der Waals surface area contributed by atoms with E-state index in [4.69, 9.17) is 9.47 Å². The lowest BCUT2D eigenvalue weighted by Gasteiger charge is -2.44. The number of carboxylic acids is 2. The fraction of sp³-hybridized carbons (Fsp3) is 0.600. The van der Waals surface area contributed by atoms with E-state index in [1.54, 1.807) is 6.07 Å². The topological polar surface area (TPSA) is 93.1 Å². The molecular weight excluding hydrogens is 336 g/mol. The highest BCUT2D eigenvalue weighted by Gasteiger charge is 2.41. The van der Waals surface area contributed by atoms with Crippen LogP contribution in [0.5, 0.6) is 0 Å². The van der Waals surface area contributed by atoms with E-state index in [0.29, 0.717) is 44.8 Å². The maximum Gasteiger partial charge on any atom is 0.336 e. The van der Waals surface area contributed by atoms with Gasteiger partial charge in [0, 0.05) is 10.8 Å². The first-order chi connectivity index (χ1) is 12.4. The van der Waals surface area contributed by atoms with Gasteiger partial charge in [0.05, 0.1) is 37.6 Å². The summed E-state index contributed by atoms with van der Waals surface area (Å²) in [5.74, 6) is -2.39. The Labute approximate surface area is 153 Å². The van der Waals surface area contributed by atoms with Crippen molar-refractivity contribution in [3.8, 4) is 0 Å². The van der Waals surface area contributed by atoms with Gasteiger partial charge in [-0.3, -0.25) is 0 Å². The third-order valence-corrected chi connectivity index (χ3v) is 6.10. The molecule has 2 saturated heterocycles. The average Bonchev–Trinajstić information content (AvgIpc) is 2.54. The first kappa shape index (κ1) is 18.9. The van der Waals surface area contributed by atoms with Gasteiger partial charge in [0.1, 0.15) is 0 Å². The van der Waals surface area contributed by atoms with Gasteiger partial charge in [-0.15, -0.1) is 0 Å². The number of hydrogen-bond donors (Lipinski definition) is 2. The summed E-state index contributed by atoms with van der Waals surface area (Å²) in [7, 11) is 0. The largest absolute Gasteiger partial charge is 0.478 e. The maximum absolute atomic E-state index is 12.0. The summed E-state index contributed by atoms with van der Waals surface area (Å²) in [6.45, 7) is 6.67. The minimum absolute atomic E-state index is 0.0186. The fourth-order valence-electron chi connectivity index (χ4n) is 3.90. The van der Waals surface area contributed by atoms with Gasteiger partial charge >= 0.3 is 11.9 Å². The quantitative estimate of drug-likeness (QED) is 0.738. The molecule has 1 aromatic carbocycles. The van der Waals surface area contributed by atoms with Crippen molar-refractivity contribution in [1.29, 1.82) is 0 Å². The van der Waals surface area contributed by atoms with E-state index in [2.05, 4.69) is 13.8 Å². The molecule has 2 heterocycles. The third-order valence-electron chi connectivity index (χ3n) is 6.10. The SMILES string of the molecule is CCC1(Cc2ccc(C(=O)O)c(C(=O)O)c2CC2(CC)COC2)COC1. The van der Waals surface area contributed by atoms with Crippen LogP contribution in [0, 0.1) is 10.8 Å². The lowest BCUT2D eigenvalue weighted by molar-refractivity contribution is -0.117. The number of aromatic carboxylic acids is 2. The highest BCUT2D eigenvalue weighted by atomic mass is 16.5. The zero-order valence-electron chi connectivity index (χ0n) is 15.3. The fourth-order valence-corrected chi connectivity index (χ4v) is 3.90. The van der Waals surface area contributed by atoms with Crippen LogP contribution in [0.25, 0.3) is 0 Å². The van der Waals surface area contributed by atoms with Crippen molar-refractivity contribution in [2.45, 2.75) is 39.5 Å². The van der Waals surface area contributed by atoms with Crippen molar-refractivity contribution in [2.75, 3.05) is 26.4 Å². The third kappa shape index (κ3) is 3.23. The molecule has 0 spiro atoms. The average molecular weight is 362 g/mol. The molecule has 2 N–H and O–H groups in total. The Bertz CT molecular complexity index is 704. The van der Waals surface area contributed by atoms with Gasteiger partial charge in [-0.05, 0) is 42.9 Å². The molecule has 6 heteroatoms. The molecule has 0 radical (unpaired) electrons. The zero-order valence-corrected chi connectivity index (χ0v) is 15.3. The zero-order chi connectivity index (χ0) is 18.9. The van der Waals surface area contributed by atoms with Crippen molar-refractivity contribution >= 4 is 11.9 Å². The minimum atomic E-state index is -1.21. The Kier molecular flexibility index (Phi) is 5.08. The highest BCUT2D eigenvalue weighted by Crippen LogP contribution is 2.41. The molecule has 0 aliphatic carbocycles. The second kappa shape index (κ2) is 7.00. The summed E-state index contributed by atoms with van der Waals surface area (Å²) in [5, 5.41) is 19.3. The number of rotatable bonds is 8. The molecule has 0 aromatic heterocycles. The highest BCUT2D eigenvalue weighted by molar-refractivity contribution is 6.03. The Morgan fingerprint density at radius 3 is 1.85 bits per heavy atom. The summed E-state index contributed by atoms with van der Waals surface area (Å²) in [5.41, 5.74) is 1.29. The van der Waals surface area contributed by atoms with Gasteiger partial charge < -0.3 is 19.7 Å². The summed E-state index contributed by atoms with van der Waals surface area (Å²) < 4.78 is 10.8. The molecule has 0 atom stereocenters. The standard InChI is InChI=1S/C20H26O6/c1-3-19(9-25-10-19)7-13-5-6-14(17(21)22)16(18(23)24)15(13)8-20(4-2)11-26-12-20/h5-6H,3-4,7-12H2,1-2H3,(H,21,22)(H,23,24). The van der Waals surface area contributed by atoms with E-state index in [1.165, 1.54) is 6.07 Å².